The van der Waals surface area contributed by atoms with Gasteiger partial charge in [-0.1, -0.05) is 30.3 Å². The first-order valence-corrected chi connectivity index (χ1v) is 8.50. The summed E-state index contributed by atoms with van der Waals surface area (Å²) < 4.78 is 1.77. The number of hydrogen-bond donors (Lipinski definition) is 0. The molecular weight excluding hydrogens is 292 g/mol. The molecule has 112 valence electrons. The van der Waals surface area contributed by atoms with Gasteiger partial charge in [0.1, 0.15) is 0 Å². The topological polar surface area (TPSA) is 34.9 Å². The third-order valence-corrected chi connectivity index (χ3v) is 4.42. The van der Waals surface area contributed by atoms with Crippen molar-refractivity contribution in [1.82, 2.24) is 9.55 Å². The molecule has 3 nitrogen and oxygen atoms in total. The zero-order valence-corrected chi connectivity index (χ0v) is 13.7. The summed E-state index contributed by atoms with van der Waals surface area (Å²) in [6.45, 7) is 4.02. The Hall–Kier alpha value is -2.07. The van der Waals surface area contributed by atoms with Gasteiger partial charge in [0.05, 0.1) is 11.2 Å². The van der Waals surface area contributed by atoms with Crippen LogP contribution >= 0.6 is 11.8 Å². The van der Waals surface area contributed by atoms with Crippen molar-refractivity contribution in [2.45, 2.75) is 24.8 Å². The molecule has 0 unspecified atom stereocenters. The molecule has 4 heteroatoms. The predicted molar refractivity (Wildman–Crippen MR) is 93.6 cm³/mol. The van der Waals surface area contributed by atoms with Gasteiger partial charge in [0.15, 0.2) is 0 Å². The van der Waals surface area contributed by atoms with Crippen LogP contribution in [0.3, 0.4) is 0 Å². The van der Waals surface area contributed by atoms with Crippen LogP contribution in [0.1, 0.15) is 19.9 Å². The summed E-state index contributed by atoms with van der Waals surface area (Å²) in [4.78, 5) is 18.0. The van der Waals surface area contributed by atoms with Gasteiger partial charge < -0.3 is 0 Å². The summed E-state index contributed by atoms with van der Waals surface area (Å²) in [5.74, 6) is 0. The molecule has 0 aliphatic rings. The van der Waals surface area contributed by atoms with Crippen LogP contribution in [0.25, 0.3) is 22.2 Å². The van der Waals surface area contributed by atoms with Crippen molar-refractivity contribution in [1.29, 1.82) is 0 Å². The molecule has 0 aliphatic carbocycles. The Bertz CT molecular complexity index is 869. The maximum Gasteiger partial charge on any atom is 0.348 e. The first-order valence-electron chi connectivity index (χ1n) is 7.27. The highest BCUT2D eigenvalue weighted by atomic mass is 32.2. The normalized spacial score (nSPS) is 11.3. The van der Waals surface area contributed by atoms with Crippen LogP contribution in [-0.2, 0) is 0 Å². The molecule has 0 saturated heterocycles. The molecule has 0 saturated carbocycles. The van der Waals surface area contributed by atoms with E-state index in [-0.39, 0.29) is 11.7 Å². The second-order valence-electron chi connectivity index (χ2n) is 5.46. The third kappa shape index (κ3) is 2.55. The van der Waals surface area contributed by atoms with E-state index >= 15 is 0 Å². The van der Waals surface area contributed by atoms with Gasteiger partial charge in [0.25, 0.3) is 0 Å². The second-order valence-corrected chi connectivity index (χ2v) is 6.34. The largest absolute Gasteiger partial charge is 0.348 e. The number of hydrogen-bond acceptors (Lipinski definition) is 3. The van der Waals surface area contributed by atoms with E-state index in [1.54, 1.807) is 16.3 Å². The number of rotatable bonds is 3. The number of aromatic nitrogens is 2. The molecule has 0 amide bonds. The van der Waals surface area contributed by atoms with Gasteiger partial charge in [-0.25, -0.2) is 4.79 Å². The summed E-state index contributed by atoms with van der Waals surface area (Å²) in [5, 5.41) is 1.01. The highest BCUT2D eigenvalue weighted by Gasteiger charge is 2.14. The molecule has 0 spiro atoms. The highest BCUT2D eigenvalue weighted by Crippen LogP contribution is 2.29. The van der Waals surface area contributed by atoms with Crippen LogP contribution in [0.4, 0.5) is 0 Å². The van der Waals surface area contributed by atoms with Crippen LogP contribution < -0.4 is 5.69 Å². The van der Waals surface area contributed by atoms with Crippen LogP contribution in [0.2, 0.25) is 0 Å². The van der Waals surface area contributed by atoms with E-state index in [9.17, 15) is 4.79 Å². The lowest BCUT2D eigenvalue weighted by Crippen LogP contribution is -2.25. The Balaban J connectivity index is 2.41. The third-order valence-electron chi connectivity index (χ3n) is 3.70. The zero-order valence-electron chi connectivity index (χ0n) is 12.9. The number of benzene rings is 2. The van der Waals surface area contributed by atoms with Crippen molar-refractivity contribution in [3.05, 3.63) is 59.0 Å². The van der Waals surface area contributed by atoms with Gasteiger partial charge in [-0.15, -0.1) is 11.8 Å². The molecule has 22 heavy (non-hydrogen) atoms. The van der Waals surface area contributed by atoms with Crippen LogP contribution in [0.15, 0.2) is 58.2 Å². The molecule has 0 bridgehead atoms. The minimum atomic E-state index is -0.195. The van der Waals surface area contributed by atoms with E-state index in [1.807, 2.05) is 50.4 Å². The van der Waals surface area contributed by atoms with Gasteiger partial charge in [-0.3, -0.25) is 4.57 Å². The Labute approximate surface area is 134 Å². The molecule has 3 aromatic rings. The molecule has 0 fully saturated rings. The number of nitrogens with zero attached hydrogens (tertiary/aromatic N) is 2. The fourth-order valence-corrected chi connectivity index (χ4v) is 3.10. The van der Waals surface area contributed by atoms with Crippen molar-refractivity contribution < 1.29 is 0 Å². The molecule has 1 heterocycles. The summed E-state index contributed by atoms with van der Waals surface area (Å²) in [6.07, 6.45) is 2.04. The smallest absolute Gasteiger partial charge is 0.289 e. The lowest BCUT2D eigenvalue weighted by atomic mass is 10.1. The Kier molecular flexibility index (Phi) is 4.03. The quantitative estimate of drug-likeness (QED) is 0.674. The zero-order chi connectivity index (χ0) is 15.7. The molecule has 0 atom stereocenters. The van der Waals surface area contributed by atoms with Crippen molar-refractivity contribution in [3.8, 4) is 11.3 Å². The predicted octanol–water partition coefficient (Wildman–Crippen LogP) is 4.37. The van der Waals surface area contributed by atoms with Crippen LogP contribution in [0, 0.1) is 0 Å². The van der Waals surface area contributed by atoms with Crippen molar-refractivity contribution in [2.75, 3.05) is 6.26 Å². The van der Waals surface area contributed by atoms with Gasteiger partial charge in [0, 0.05) is 21.9 Å². The van der Waals surface area contributed by atoms with E-state index < -0.39 is 0 Å². The maximum atomic E-state index is 12.5. The minimum absolute atomic E-state index is 0.0735. The number of thioether (sulfide) groups is 1. The van der Waals surface area contributed by atoms with Gasteiger partial charge in [0.2, 0.25) is 0 Å². The Morgan fingerprint density at radius 1 is 1.09 bits per heavy atom. The van der Waals surface area contributed by atoms with Gasteiger partial charge >= 0.3 is 5.69 Å². The van der Waals surface area contributed by atoms with Crippen molar-refractivity contribution in [3.63, 3.8) is 0 Å². The molecule has 0 aliphatic heterocycles. The average molecular weight is 310 g/mol. The fraction of sp³-hybridized carbons (Fsp3) is 0.222. The van der Waals surface area contributed by atoms with E-state index in [0.29, 0.717) is 0 Å². The summed E-state index contributed by atoms with van der Waals surface area (Å²) in [7, 11) is 0. The summed E-state index contributed by atoms with van der Waals surface area (Å²) >= 11 is 1.68. The molecule has 0 N–H and O–H groups in total. The molecule has 0 radical (unpaired) electrons. The Morgan fingerprint density at radius 2 is 1.82 bits per heavy atom. The molecule has 1 aromatic heterocycles. The fourth-order valence-electron chi connectivity index (χ4n) is 2.67. The molecule has 2 aromatic carbocycles. The maximum absolute atomic E-state index is 12.5. The molecular formula is C18H18N2OS. The lowest BCUT2D eigenvalue weighted by molar-refractivity contribution is 0.587. The Morgan fingerprint density at radius 3 is 2.45 bits per heavy atom. The summed E-state index contributed by atoms with van der Waals surface area (Å²) in [5.41, 5.74) is 2.47. The lowest BCUT2D eigenvalue weighted by Gasteiger charge is -2.16. The minimum Gasteiger partial charge on any atom is -0.289 e. The van der Waals surface area contributed by atoms with Crippen LogP contribution in [0.5, 0.6) is 0 Å². The standard InChI is InChI=1S/C18H18N2OS/c1-12(2)20-16-11-14(22-3)9-10-15(16)17(19-18(20)21)13-7-5-4-6-8-13/h4-12H,1-3H3. The highest BCUT2D eigenvalue weighted by molar-refractivity contribution is 7.98. The van der Waals surface area contributed by atoms with Crippen molar-refractivity contribution >= 4 is 22.7 Å². The van der Waals surface area contributed by atoms with Gasteiger partial charge in [-0.2, -0.15) is 4.98 Å². The first-order chi connectivity index (χ1) is 10.6. The monoisotopic (exact) mass is 310 g/mol. The van der Waals surface area contributed by atoms with Crippen LogP contribution in [-0.4, -0.2) is 15.8 Å². The molecule has 3 rings (SSSR count). The SMILES string of the molecule is CSc1ccc2c(-c3ccccc3)nc(=O)n(C(C)C)c2c1. The van der Waals surface area contributed by atoms with E-state index in [4.69, 9.17) is 0 Å². The van der Waals surface area contributed by atoms with E-state index in [2.05, 4.69) is 23.2 Å². The van der Waals surface area contributed by atoms with E-state index in [0.717, 1.165) is 27.1 Å². The van der Waals surface area contributed by atoms with Gasteiger partial charge in [-0.05, 0) is 38.3 Å². The van der Waals surface area contributed by atoms with E-state index in [1.165, 1.54) is 0 Å². The average Bonchev–Trinajstić information content (AvgIpc) is 2.53. The second kappa shape index (κ2) is 5.97. The summed E-state index contributed by atoms with van der Waals surface area (Å²) in [6, 6.07) is 16.2. The first kappa shape index (κ1) is 14.9. The van der Waals surface area contributed by atoms with Crippen molar-refractivity contribution in [2.24, 2.45) is 0 Å². The number of fused-ring (bicyclic) bond motifs is 1.